The second-order valence-corrected chi connectivity index (χ2v) is 9.03. The van der Waals surface area contributed by atoms with E-state index < -0.39 is 0 Å². The van der Waals surface area contributed by atoms with Crippen molar-refractivity contribution >= 4 is 5.78 Å². The number of ketones is 1. The second kappa shape index (κ2) is 4.46. The molecule has 0 saturated heterocycles. The van der Waals surface area contributed by atoms with Crippen molar-refractivity contribution in [2.75, 3.05) is 0 Å². The Kier molecular flexibility index (Phi) is 2.98. The highest BCUT2D eigenvalue weighted by molar-refractivity contribution is 5.87. The molecule has 1 nitrogen and oxygen atoms in total. The number of carbonyl (C=O) groups is 1. The van der Waals surface area contributed by atoms with Crippen molar-refractivity contribution in [2.24, 2.45) is 34.5 Å². The summed E-state index contributed by atoms with van der Waals surface area (Å²) < 4.78 is 0. The van der Waals surface area contributed by atoms with Crippen LogP contribution in [0, 0.1) is 34.5 Å². The van der Waals surface area contributed by atoms with Gasteiger partial charge < -0.3 is 0 Å². The lowest BCUT2D eigenvalue weighted by Gasteiger charge is -2.57. The van der Waals surface area contributed by atoms with Gasteiger partial charge >= 0.3 is 0 Å². The van der Waals surface area contributed by atoms with Gasteiger partial charge in [-0.2, -0.15) is 0 Å². The topological polar surface area (TPSA) is 17.1 Å². The molecule has 0 radical (unpaired) electrons. The van der Waals surface area contributed by atoms with Gasteiger partial charge in [0, 0.05) is 11.8 Å². The minimum atomic E-state index is 0.0326. The number of allylic oxidation sites excluding steroid dienone is 2. The van der Waals surface area contributed by atoms with E-state index >= 15 is 0 Å². The molecule has 0 aromatic heterocycles. The number of Topliss-reactive ketones (excluding diaryl/α,β-unsaturated/α-hetero) is 1. The summed E-state index contributed by atoms with van der Waals surface area (Å²) in [6.07, 6.45) is 12.5. The Bertz CT molecular complexity index is 504. The van der Waals surface area contributed by atoms with Crippen molar-refractivity contribution in [3.63, 3.8) is 0 Å². The van der Waals surface area contributed by atoms with Crippen LogP contribution in [0.2, 0.25) is 0 Å². The Morgan fingerprint density at radius 2 is 1.76 bits per heavy atom. The highest BCUT2D eigenvalue weighted by Crippen LogP contribution is 2.64. The van der Waals surface area contributed by atoms with Crippen LogP contribution in [0.4, 0.5) is 0 Å². The molecule has 0 aromatic rings. The zero-order chi connectivity index (χ0) is 14.8. The van der Waals surface area contributed by atoms with Crippen LogP contribution < -0.4 is 0 Å². The van der Waals surface area contributed by atoms with Crippen LogP contribution in [-0.4, -0.2) is 5.78 Å². The van der Waals surface area contributed by atoms with Crippen molar-refractivity contribution in [1.82, 2.24) is 0 Å². The molecule has 0 bridgehead atoms. The van der Waals surface area contributed by atoms with E-state index in [4.69, 9.17) is 0 Å². The Morgan fingerprint density at radius 1 is 1.05 bits per heavy atom. The Hall–Kier alpha value is -0.590. The fraction of sp³-hybridized carbons (Fsp3) is 0.850. The van der Waals surface area contributed by atoms with E-state index in [1.165, 1.54) is 38.5 Å². The third kappa shape index (κ3) is 1.79. The summed E-state index contributed by atoms with van der Waals surface area (Å²) in [5, 5.41) is 0. The van der Waals surface area contributed by atoms with Crippen LogP contribution >= 0.6 is 0 Å². The minimum Gasteiger partial charge on any atom is -0.299 e. The molecule has 116 valence electrons. The molecule has 5 unspecified atom stereocenters. The maximum atomic E-state index is 12.4. The molecule has 4 rings (SSSR count). The maximum Gasteiger partial charge on any atom is 0.139 e. The van der Waals surface area contributed by atoms with E-state index in [-0.39, 0.29) is 5.41 Å². The molecule has 0 aromatic carbocycles. The molecule has 4 aliphatic carbocycles. The monoisotopic (exact) mass is 286 g/mol. The molecule has 3 fully saturated rings. The molecule has 1 heteroatoms. The fourth-order valence-corrected chi connectivity index (χ4v) is 6.61. The van der Waals surface area contributed by atoms with Gasteiger partial charge in [0.2, 0.25) is 0 Å². The van der Waals surface area contributed by atoms with E-state index in [1.54, 1.807) is 5.57 Å². The highest BCUT2D eigenvalue weighted by Gasteiger charge is 2.58. The highest BCUT2D eigenvalue weighted by atomic mass is 16.1. The molecule has 4 aliphatic rings. The molecular formula is C20H30O. The zero-order valence-electron chi connectivity index (χ0n) is 14.0. The van der Waals surface area contributed by atoms with Crippen LogP contribution in [0.1, 0.15) is 72.1 Å². The Morgan fingerprint density at radius 3 is 2.57 bits per heavy atom. The average molecular weight is 286 g/mol. The largest absolute Gasteiger partial charge is 0.299 e. The smallest absolute Gasteiger partial charge is 0.139 e. The number of fused-ring (bicyclic) bond motifs is 5. The molecule has 0 heterocycles. The molecule has 21 heavy (non-hydrogen) atoms. The lowest BCUT2D eigenvalue weighted by atomic mass is 9.47. The lowest BCUT2D eigenvalue weighted by molar-refractivity contribution is -0.131. The summed E-state index contributed by atoms with van der Waals surface area (Å²) in [6.45, 7) is 7.26. The number of carbonyl (C=O) groups excluding carboxylic acids is 1. The van der Waals surface area contributed by atoms with Gasteiger partial charge in [-0.05, 0) is 74.0 Å². The fourth-order valence-electron chi connectivity index (χ4n) is 6.61. The first-order valence-corrected chi connectivity index (χ1v) is 9.18. The van der Waals surface area contributed by atoms with E-state index in [2.05, 4.69) is 26.8 Å². The van der Waals surface area contributed by atoms with Crippen LogP contribution in [0.15, 0.2) is 11.6 Å². The summed E-state index contributed by atoms with van der Waals surface area (Å²) in [7, 11) is 0. The Balaban J connectivity index is 1.69. The minimum absolute atomic E-state index is 0.0326. The van der Waals surface area contributed by atoms with Crippen molar-refractivity contribution in [2.45, 2.75) is 72.1 Å². The number of hydrogen-bond donors (Lipinski definition) is 0. The van der Waals surface area contributed by atoms with Crippen molar-refractivity contribution in [3.8, 4) is 0 Å². The summed E-state index contributed by atoms with van der Waals surface area (Å²) in [4.78, 5) is 12.4. The summed E-state index contributed by atoms with van der Waals surface area (Å²) in [5.41, 5.74) is 2.27. The molecular weight excluding hydrogens is 256 g/mol. The summed E-state index contributed by atoms with van der Waals surface area (Å²) in [5.74, 6) is 3.77. The van der Waals surface area contributed by atoms with Crippen LogP contribution in [-0.2, 0) is 4.79 Å². The quantitative estimate of drug-likeness (QED) is 0.562. The lowest BCUT2D eigenvalue weighted by Crippen LogP contribution is -2.50. The third-order valence-corrected chi connectivity index (χ3v) is 8.06. The molecule has 0 aliphatic heterocycles. The van der Waals surface area contributed by atoms with Crippen molar-refractivity contribution in [1.29, 1.82) is 0 Å². The van der Waals surface area contributed by atoms with Gasteiger partial charge in [0.15, 0.2) is 0 Å². The third-order valence-electron chi connectivity index (χ3n) is 8.06. The van der Waals surface area contributed by atoms with E-state index in [0.717, 1.165) is 30.6 Å². The predicted molar refractivity (Wildman–Crippen MR) is 85.9 cm³/mol. The van der Waals surface area contributed by atoms with Gasteiger partial charge in [-0.25, -0.2) is 0 Å². The first kappa shape index (κ1) is 14.0. The van der Waals surface area contributed by atoms with Crippen molar-refractivity contribution < 1.29 is 4.79 Å². The zero-order valence-corrected chi connectivity index (χ0v) is 14.0. The van der Waals surface area contributed by atoms with Gasteiger partial charge in [-0.15, -0.1) is 0 Å². The first-order chi connectivity index (χ1) is 9.95. The van der Waals surface area contributed by atoms with E-state index in [9.17, 15) is 4.79 Å². The van der Waals surface area contributed by atoms with Crippen LogP contribution in [0.25, 0.3) is 0 Å². The van der Waals surface area contributed by atoms with Gasteiger partial charge in [-0.3, -0.25) is 4.79 Å². The molecule has 6 atom stereocenters. The predicted octanol–water partition coefficient (Wildman–Crippen LogP) is 5.15. The molecule has 0 spiro atoms. The van der Waals surface area contributed by atoms with Gasteiger partial charge in [0.25, 0.3) is 0 Å². The summed E-state index contributed by atoms with van der Waals surface area (Å²) in [6, 6.07) is 0. The number of hydrogen-bond acceptors (Lipinski definition) is 1. The average Bonchev–Trinajstić information content (AvgIpc) is 2.76. The van der Waals surface area contributed by atoms with Crippen LogP contribution in [0.5, 0.6) is 0 Å². The Labute approximate surface area is 129 Å². The SMILES string of the molecule is C[C@H]1CCC2(C)C(=CCC3C4CCC(=O)C4(C)CCC32)C1. The van der Waals surface area contributed by atoms with Gasteiger partial charge in [-0.1, -0.05) is 32.4 Å². The normalized spacial score (nSPS) is 52.7. The van der Waals surface area contributed by atoms with E-state index in [0.29, 0.717) is 17.1 Å². The maximum absolute atomic E-state index is 12.4. The van der Waals surface area contributed by atoms with Crippen molar-refractivity contribution in [3.05, 3.63) is 11.6 Å². The molecule has 0 amide bonds. The first-order valence-electron chi connectivity index (χ1n) is 9.18. The second-order valence-electron chi connectivity index (χ2n) is 9.03. The standard InChI is InChI=1S/C20H30O/c1-13-8-10-19(2)14(12-13)4-5-15-16-6-7-18(21)20(16,3)11-9-17(15)19/h4,13,15-17H,5-12H2,1-3H3/t13-,15?,16?,17?,19?,20?/m0/s1. The van der Waals surface area contributed by atoms with Gasteiger partial charge in [0.05, 0.1) is 0 Å². The summed E-state index contributed by atoms with van der Waals surface area (Å²) >= 11 is 0. The van der Waals surface area contributed by atoms with Crippen LogP contribution in [0.3, 0.4) is 0 Å². The molecule has 3 saturated carbocycles. The van der Waals surface area contributed by atoms with E-state index in [1.807, 2.05) is 0 Å². The van der Waals surface area contributed by atoms with Gasteiger partial charge in [0.1, 0.15) is 5.78 Å². The number of rotatable bonds is 0. The molecule has 0 N–H and O–H groups in total.